The molecule has 3 heterocycles. The molecule has 4 unspecified atom stereocenters. The number of fused-ring (bicyclic) bond motifs is 2. The van der Waals surface area contributed by atoms with Gasteiger partial charge in [0, 0.05) is 19.6 Å². The summed E-state index contributed by atoms with van der Waals surface area (Å²) in [5.74, 6) is 0.942. The summed E-state index contributed by atoms with van der Waals surface area (Å²) in [4.78, 5) is 7.02. The second kappa shape index (κ2) is 8.34. The molecule has 0 saturated carbocycles. The summed E-state index contributed by atoms with van der Waals surface area (Å²) in [5, 5.41) is 7.02. The number of nitrogens with one attached hydrogen (secondary N) is 2. The lowest BCUT2D eigenvalue weighted by atomic mass is 9.96. The van der Waals surface area contributed by atoms with Gasteiger partial charge in [0.05, 0.1) is 18.2 Å². The molecule has 0 aromatic heterocycles. The Kier molecular flexibility index (Phi) is 6.17. The van der Waals surface area contributed by atoms with Gasteiger partial charge in [-0.05, 0) is 65.0 Å². The molecule has 3 saturated heterocycles. The van der Waals surface area contributed by atoms with Crippen LogP contribution in [-0.4, -0.2) is 61.8 Å². The van der Waals surface area contributed by atoms with E-state index in [1.165, 1.54) is 58.0 Å². The van der Waals surface area contributed by atoms with Gasteiger partial charge in [0.2, 0.25) is 0 Å². The molecule has 132 valence electrons. The zero-order valence-corrected chi connectivity index (χ0v) is 14.9. The first-order valence-corrected chi connectivity index (χ1v) is 9.63. The Morgan fingerprint density at radius 2 is 2.13 bits per heavy atom. The highest BCUT2D eigenvalue weighted by atomic mass is 16.5. The molecule has 5 heteroatoms. The molecule has 4 atom stereocenters. The summed E-state index contributed by atoms with van der Waals surface area (Å²) in [7, 11) is 1.86. The molecule has 0 aromatic rings. The molecule has 3 aliphatic heterocycles. The predicted octanol–water partition coefficient (Wildman–Crippen LogP) is 2.13. The molecule has 2 bridgehead atoms. The van der Waals surface area contributed by atoms with Crippen LogP contribution >= 0.6 is 0 Å². The zero-order chi connectivity index (χ0) is 16.1. The number of aliphatic imine (C=N–C) groups is 1. The second-order valence-electron chi connectivity index (χ2n) is 7.45. The Balaban J connectivity index is 1.28. The molecule has 3 aliphatic rings. The van der Waals surface area contributed by atoms with E-state index in [2.05, 4.69) is 27.4 Å². The number of nitrogens with zero attached hydrogens (tertiary/aromatic N) is 2. The lowest BCUT2D eigenvalue weighted by molar-refractivity contribution is 0.0992. The predicted molar refractivity (Wildman–Crippen MR) is 94.9 cm³/mol. The Labute approximate surface area is 141 Å². The topological polar surface area (TPSA) is 48.9 Å². The van der Waals surface area contributed by atoms with Crippen molar-refractivity contribution >= 4 is 5.96 Å². The number of piperidine rings is 1. The first kappa shape index (κ1) is 17.0. The molecule has 0 spiro atoms. The summed E-state index contributed by atoms with van der Waals surface area (Å²) >= 11 is 0. The van der Waals surface area contributed by atoms with E-state index in [0.717, 1.165) is 25.0 Å². The molecule has 5 nitrogen and oxygen atoms in total. The average molecular weight is 322 g/mol. The monoisotopic (exact) mass is 322 g/mol. The van der Waals surface area contributed by atoms with Crippen LogP contribution in [0.2, 0.25) is 0 Å². The third-order valence-electron chi connectivity index (χ3n) is 5.76. The van der Waals surface area contributed by atoms with Crippen molar-refractivity contribution in [2.45, 2.75) is 82.6 Å². The largest absolute Gasteiger partial charge is 0.373 e. The van der Waals surface area contributed by atoms with Crippen LogP contribution in [0.5, 0.6) is 0 Å². The van der Waals surface area contributed by atoms with Crippen LogP contribution in [0.4, 0.5) is 0 Å². The van der Waals surface area contributed by atoms with Gasteiger partial charge in [0.1, 0.15) is 0 Å². The fourth-order valence-corrected chi connectivity index (χ4v) is 4.30. The van der Waals surface area contributed by atoms with Crippen LogP contribution in [0.3, 0.4) is 0 Å². The van der Waals surface area contributed by atoms with E-state index in [-0.39, 0.29) is 0 Å². The highest BCUT2D eigenvalue weighted by Gasteiger charge is 2.41. The van der Waals surface area contributed by atoms with Crippen molar-refractivity contribution < 1.29 is 4.74 Å². The number of unbranched alkanes of at least 4 members (excludes halogenated alkanes) is 1. The third-order valence-corrected chi connectivity index (χ3v) is 5.76. The van der Waals surface area contributed by atoms with Crippen molar-refractivity contribution in [3.63, 3.8) is 0 Å². The number of hydrogen-bond acceptors (Lipinski definition) is 3. The first-order valence-electron chi connectivity index (χ1n) is 9.63. The zero-order valence-electron chi connectivity index (χ0n) is 14.9. The molecule has 2 N–H and O–H groups in total. The van der Waals surface area contributed by atoms with Crippen LogP contribution in [0.15, 0.2) is 4.99 Å². The van der Waals surface area contributed by atoms with E-state index in [9.17, 15) is 0 Å². The van der Waals surface area contributed by atoms with Crippen LogP contribution in [0.25, 0.3) is 0 Å². The van der Waals surface area contributed by atoms with Crippen molar-refractivity contribution in [3.8, 4) is 0 Å². The van der Waals surface area contributed by atoms with Gasteiger partial charge in [-0.3, -0.25) is 4.99 Å². The molecular weight excluding hydrogens is 288 g/mol. The number of ether oxygens (including phenoxy) is 1. The second-order valence-corrected chi connectivity index (χ2v) is 7.45. The molecule has 0 amide bonds. The van der Waals surface area contributed by atoms with Crippen LogP contribution in [0.1, 0.15) is 58.3 Å². The van der Waals surface area contributed by atoms with Gasteiger partial charge in [-0.25, -0.2) is 0 Å². The van der Waals surface area contributed by atoms with E-state index in [1.54, 1.807) is 0 Å². The van der Waals surface area contributed by atoms with Gasteiger partial charge >= 0.3 is 0 Å². The van der Waals surface area contributed by atoms with Gasteiger partial charge in [-0.15, -0.1) is 0 Å². The number of likely N-dealkylation sites (tertiary alicyclic amines) is 1. The van der Waals surface area contributed by atoms with Crippen molar-refractivity contribution in [3.05, 3.63) is 0 Å². The standard InChI is InChI=1S/C18H34N4O/c1-14-7-3-5-11-22(14)12-6-4-10-20-18(19-2)21-16-13-15-8-9-17(16)23-15/h14-17H,3-13H2,1-2H3,(H2,19,20,21). The fourth-order valence-electron chi connectivity index (χ4n) is 4.30. The van der Waals surface area contributed by atoms with E-state index in [1.807, 2.05) is 7.05 Å². The van der Waals surface area contributed by atoms with E-state index >= 15 is 0 Å². The first-order chi connectivity index (χ1) is 11.3. The maximum absolute atomic E-state index is 5.90. The van der Waals surface area contributed by atoms with Gasteiger partial charge in [0.15, 0.2) is 5.96 Å². The van der Waals surface area contributed by atoms with Crippen LogP contribution < -0.4 is 10.6 Å². The lowest BCUT2D eigenvalue weighted by Gasteiger charge is -2.33. The molecule has 23 heavy (non-hydrogen) atoms. The maximum Gasteiger partial charge on any atom is 0.191 e. The lowest BCUT2D eigenvalue weighted by Crippen LogP contribution is -2.47. The molecule has 3 rings (SSSR count). The molecule has 0 radical (unpaired) electrons. The number of hydrogen-bond donors (Lipinski definition) is 2. The summed E-state index contributed by atoms with van der Waals surface area (Å²) in [6.07, 6.45) is 11.1. The maximum atomic E-state index is 5.90. The van der Waals surface area contributed by atoms with Gasteiger partial charge in [-0.1, -0.05) is 6.42 Å². The van der Waals surface area contributed by atoms with Gasteiger partial charge in [-0.2, -0.15) is 0 Å². The fraction of sp³-hybridized carbons (Fsp3) is 0.944. The Bertz CT molecular complexity index is 400. The van der Waals surface area contributed by atoms with E-state index in [0.29, 0.717) is 18.2 Å². The van der Waals surface area contributed by atoms with Crippen molar-refractivity contribution in [2.24, 2.45) is 4.99 Å². The minimum atomic E-state index is 0.402. The minimum Gasteiger partial charge on any atom is -0.373 e. The highest BCUT2D eigenvalue weighted by Crippen LogP contribution is 2.34. The highest BCUT2D eigenvalue weighted by molar-refractivity contribution is 5.80. The molecule has 3 fully saturated rings. The van der Waals surface area contributed by atoms with E-state index < -0.39 is 0 Å². The summed E-state index contributed by atoms with van der Waals surface area (Å²) in [5.41, 5.74) is 0. The minimum absolute atomic E-state index is 0.402. The molecule has 0 aliphatic carbocycles. The van der Waals surface area contributed by atoms with Crippen LogP contribution in [0, 0.1) is 0 Å². The third kappa shape index (κ3) is 4.60. The van der Waals surface area contributed by atoms with Crippen molar-refractivity contribution in [2.75, 3.05) is 26.7 Å². The average Bonchev–Trinajstić information content (AvgIpc) is 3.18. The number of rotatable bonds is 6. The Morgan fingerprint density at radius 3 is 2.83 bits per heavy atom. The van der Waals surface area contributed by atoms with Gasteiger partial charge < -0.3 is 20.3 Å². The Morgan fingerprint density at radius 1 is 1.22 bits per heavy atom. The SMILES string of the molecule is CN=C(NCCCCN1CCCCC1C)NC1CC2CCC1O2. The van der Waals surface area contributed by atoms with Crippen molar-refractivity contribution in [1.82, 2.24) is 15.5 Å². The van der Waals surface area contributed by atoms with Crippen LogP contribution in [-0.2, 0) is 4.74 Å². The smallest absolute Gasteiger partial charge is 0.191 e. The van der Waals surface area contributed by atoms with Crippen molar-refractivity contribution in [1.29, 1.82) is 0 Å². The van der Waals surface area contributed by atoms with E-state index in [4.69, 9.17) is 4.74 Å². The van der Waals surface area contributed by atoms with Gasteiger partial charge in [0.25, 0.3) is 0 Å². The number of guanidine groups is 1. The Hall–Kier alpha value is -0.810. The summed E-state index contributed by atoms with van der Waals surface area (Å²) < 4.78 is 5.90. The normalized spacial score (nSPS) is 34.8. The summed E-state index contributed by atoms with van der Waals surface area (Å²) in [6, 6.07) is 1.23. The molecular formula is C18H34N4O. The molecule has 0 aromatic carbocycles. The quantitative estimate of drug-likeness (QED) is 0.447. The summed E-state index contributed by atoms with van der Waals surface area (Å²) in [6.45, 7) is 5.92.